The van der Waals surface area contributed by atoms with Crippen molar-refractivity contribution in [3.8, 4) is 11.1 Å². The summed E-state index contributed by atoms with van der Waals surface area (Å²) in [5, 5.41) is 16.6. The van der Waals surface area contributed by atoms with E-state index in [1.54, 1.807) is 0 Å². The molecular formula is C47H36N4. The number of hydrazone groups is 1. The molecule has 2 N–H and O–H groups in total. The predicted molar refractivity (Wildman–Crippen MR) is 215 cm³/mol. The second-order valence-corrected chi connectivity index (χ2v) is 13.4. The van der Waals surface area contributed by atoms with Crippen LogP contribution in [0, 0.1) is 5.41 Å². The minimum Gasteiger partial charge on any atom is -0.298 e. The van der Waals surface area contributed by atoms with Crippen LogP contribution in [0.4, 0.5) is 5.69 Å². The molecule has 0 amide bonds. The summed E-state index contributed by atoms with van der Waals surface area (Å²) in [6, 6.07) is 40.6. The Morgan fingerprint density at radius 2 is 1.51 bits per heavy atom. The summed E-state index contributed by atoms with van der Waals surface area (Å²) in [7, 11) is 0. The van der Waals surface area contributed by atoms with Crippen molar-refractivity contribution in [2.75, 3.05) is 5.43 Å². The quantitative estimate of drug-likeness (QED) is 0.138. The molecule has 6 aromatic rings. The van der Waals surface area contributed by atoms with Crippen LogP contribution in [0.1, 0.15) is 51.8 Å². The van der Waals surface area contributed by atoms with E-state index in [0.29, 0.717) is 11.4 Å². The van der Waals surface area contributed by atoms with E-state index in [1.165, 1.54) is 44.5 Å². The molecule has 0 spiro atoms. The van der Waals surface area contributed by atoms with Gasteiger partial charge in [0.2, 0.25) is 0 Å². The average Bonchev–Trinajstić information content (AvgIpc) is 3.20. The van der Waals surface area contributed by atoms with E-state index in [0.717, 1.165) is 64.4 Å². The van der Waals surface area contributed by atoms with Crippen molar-refractivity contribution < 1.29 is 0 Å². The first-order valence-corrected chi connectivity index (χ1v) is 17.7. The molecule has 4 nitrogen and oxygen atoms in total. The van der Waals surface area contributed by atoms with Crippen LogP contribution in [0.3, 0.4) is 0 Å². The zero-order chi connectivity index (χ0) is 34.1. The molecule has 0 bridgehead atoms. The van der Waals surface area contributed by atoms with Gasteiger partial charge in [-0.3, -0.25) is 15.8 Å². The maximum Gasteiger partial charge on any atom is 0.109 e. The van der Waals surface area contributed by atoms with Crippen LogP contribution in [0.5, 0.6) is 0 Å². The van der Waals surface area contributed by atoms with Crippen molar-refractivity contribution in [1.29, 1.82) is 5.41 Å². The third kappa shape index (κ3) is 5.95. The number of nitrogens with one attached hydrogen (secondary N) is 2. The fourth-order valence-corrected chi connectivity index (χ4v) is 7.60. The molecule has 9 rings (SSSR count). The van der Waals surface area contributed by atoms with Crippen LogP contribution in [0.2, 0.25) is 0 Å². The zero-order valence-electron chi connectivity index (χ0n) is 28.2. The summed E-state index contributed by atoms with van der Waals surface area (Å²) in [6.07, 6.45) is 18.8. The lowest BCUT2D eigenvalue weighted by Gasteiger charge is -2.22. The van der Waals surface area contributed by atoms with Gasteiger partial charge in [0.1, 0.15) is 5.71 Å². The third-order valence-electron chi connectivity index (χ3n) is 10.3. The van der Waals surface area contributed by atoms with Crippen LogP contribution in [-0.4, -0.2) is 16.4 Å². The second kappa shape index (κ2) is 13.1. The molecule has 0 fully saturated rings. The van der Waals surface area contributed by atoms with Gasteiger partial charge in [0.05, 0.1) is 11.4 Å². The van der Waals surface area contributed by atoms with E-state index in [4.69, 9.17) is 5.10 Å². The van der Waals surface area contributed by atoms with E-state index in [9.17, 15) is 5.41 Å². The third-order valence-corrected chi connectivity index (χ3v) is 10.3. The Kier molecular flexibility index (Phi) is 7.90. The first-order chi connectivity index (χ1) is 25.2. The molecule has 3 aliphatic carbocycles. The molecule has 51 heavy (non-hydrogen) atoms. The number of rotatable bonds is 6. The Morgan fingerprint density at radius 1 is 0.667 bits per heavy atom. The van der Waals surface area contributed by atoms with Crippen molar-refractivity contribution in [3.05, 3.63) is 185 Å². The number of allylic oxidation sites excluding steroid dienone is 6. The summed E-state index contributed by atoms with van der Waals surface area (Å²) in [5.41, 5.74) is 19.5. The van der Waals surface area contributed by atoms with Gasteiger partial charge < -0.3 is 0 Å². The Balaban J connectivity index is 1.03. The van der Waals surface area contributed by atoms with Crippen LogP contribution in [0.25, 0.3) is 50.8 Å². The van der Waals surface area contributed by atoms with E-state index in [1.807, 2.05) is 18.5 Å². The van der Waals surface area contributed by atoms with E-state index < -0.39 is 0 Å². The Hall–Kier alpha value is -6.39. The number of aryl methyl sites for hydroxylation is 1. The SMILES string of the molecule is N=C1C(c2cccc3ccccc23)=CC(c2cccc3c2CCC=C3)=CC1=NNc1ccc(C2=Cc3cc(-c4cccnc4)ccc3CC2)cc1. The van der Waals surface area contributed by atoms with Crippen LogP contribution < -0.4 is 5.43 Å². The van der Waals surface area contributed by atoms with Crippen molar-refractivity contribution >= 4 is 56.8 Å². The summed E-state index contributed by atoms with van der Waals surface area (Å²) >= 11 is 0. The molecule has 0 saturated heterocycles. The van der Waals surface area contributed by atoms with Gasteiger partial charge in [-0.2, -0.15) is 5.10 Å². The molecule has 0 saturated carbocycles. The van der Waals surface area contributed by atoms with Gasteiger partial charge >= 0.3 is 0 Å². The Bertz CT molecular complexity index is 2490. The molecule has 1 heterocycles. The minimum atomic E-state index is 0.403. The fraction of sp³-hybridized carbons (Fsp3) is 0.0851. The number of anilines is 1. The molecule has 0 aliphatic heterocycles. The smallest absolute Gasteiger partial charge is 0.109 e. The van der Waals surface area contributed by atoms with E-state index in [-0.39, 0.29) is 0 Å². The van der Waals surface area contributed by atoms with Crippen molar-refractivity contribution in [3.63, 3.8) is 0 Å². The number of hydrogen-bond acceptors (Lipinski definition) is 4. The topological polar surface area (TPSA) is 61.1 Å². The highest BCUT2D eigenvalue weighted by Gasteiger charge is 2.23. The lowest BCUT2D eigenvalue weighted by molar-refractivity contribution is 0.981. The summed E-state index contributed by atoms with van der Waals surface area (Å²) in [5.74, 6) is 0. The van der Waals surface area contributed by atoms with Gasteiger partial charge in [-0.15, -0.1) is 0 Å². The van der Waals surface area contributed by atoms with Gasteiger partial charge in [0, 0.05) is 23.5 Å². The van der Waals surface area contributed by atoms with Crippen LogP contribution in [0.15, 0.2) is 151 Å². The molecular weight excluding hydrogens is 621 g/mol. The number of nitrogens with zero attached hydrogens (tertiary/aromatic N) is 2. The van der Waals surface area contributed by atoms with Gasteiger partial charge in [-0.1, -0.05) is 109 Å². The van der Waals surface area contributed by atoms with Gasteiger partial charge in [0.25, 0.3) is 0 Å². The zero-order valence-corrected chi connectivity index (χ0v) is 28.2. The number of benzene rings is 5. The van der Waals surface area contributed by atoms with Crippen molar-refractivity contribution in [2.24, 2.45) is 5.10 Å². The normalized spacial score (nSPS) is 15.9. The molecule has 1 aromatic heterocycles. The van der Waals surface area contributed by atoms with Crippen molar-refractivity contribution in [1.82, 2.24) is 4.98 Å². The molecule has 5 aromatic carbocycles. The van der Waals surface area contributed by atoms with Crippen molar-refractivity contribution in [2.45, 2.75) is 25.7 Å². The van der Waals surface area contributed by atoms with E-state index in [2.05, 4.69) is 150 Å². The maximum atomic E-state index is 9.41. The number of fused-ring (bicyclic) bond motifs is 3. The molecule has 0 unspecified atom stereocenters. The molecule has 4 heteroatoms. The number of aromatic nitrogens is 1. The molecule has 0 atom stereocenters. The first kappa shape index (κ1) is 30.7. The molecule has 244 valence electrons. The molecule has 3 aliphatic rings. The average molecular weight is 657 g/mol. The largest absolute Gasteiger partial charge is 0.298 e. The van der Waals surface area contributed by atoms with Gasteiger partial charge in [-0.25, -0.2) is 0 Å². The second-order valence-electron chi connectivity index (χ2n) is 13.4. The summed E-state index contributed by atoms with van der Waals surface area (Å²) < 4.78 is 0. The standard InChI is InChI=1S/C47H36N4/c48-47-45(44-16-6-11-34-9-2-4-14-42(34)44)28-39(43-15-5-10-33-8-1-3-13-41(33)43)29-46(47)51-50-40-23-21-31(22-24-40)35-19-17-32-18-20-36(27-38(32)26-35)37-12-7-25-49-30-37/h1-2,4-12,14-16,18,20-30,48,50H,3,13,17,19H2. The summed E-state index contributed by atoms with van der Waals surface area (Å²) in [4.78, 5) is 4.30. The minimum absolute atomic E-state index is 0.403. The fourth-order valence-electron chi connectivity index (χ4n) is 7.60. The highest BCUT2D eigenvalue weighted by Crippen LogP contribution is 2.36. The van der Waals surface area contributed by atoms with Crippen LogP contribution >= 0.6 is 0 Å². The number of hydrogen-bond donors (Lipinski definition) is 2. The Labute approximate surface area is 298 Å². The lowest BCUT2D eigenvalue weighted by Crippen LogP contribution is -2.19. The van der Waals surface area contributed by atoms with Crippen LogP contribution in [-0.2, 0) is 12.8 Å². The monoisotopic (exact) mass is 656 g/mol. The first-order valence-electron chi connectivity index (χ1n) is 17.7. The predicted octanol–water partition coefficient (Wildman–Crippen LogP) is 11.3. The highest BCUT2D eigenvalue weighted by molar-refractivity contribution is 6.62. The maximum absolute atomic E-state index is 9.41. The lowest BCUT2D eigenvalue weighted by atomic mass is 9.83. The highest BCUT2D eigenvalue weighted by atomic mass is 15.3. The Morgan fingerprint density at radius 3 is 2.41 bits per heavy atom. The molecule has 0 radical (unpaired) electrons. The van der Waals surface area contributed by atoms with Gasteiger partial charge in [-0.05, 0) is 129 Å². The summed E-state index contributed by atoms with van der Waals surface area (Å²) in [6.45, 7) is 0. The number of pyridine rings is 1. The van der Waals surface area contributed by atoms with E-state index >= 15 is 0 Å². The van der Waals surface area contributed by atoms with Gasteiger partial charge in [0.15, 0.2) is 0 Å².